The van der Waals surface area contributed by atoms with Gasteiger partial charge in [-0.1, -0.05) is 0 Å². The lowest BCUT2D eigenvalue weighted by molar-refractivity contribution is -0.137. The van der Waals surface area contributed by atoms with Gasteiger partial charge in [-0.05, 0) is 37.6 Å². The highest BCUT2D eigenvalue weighted by Gasteiger charge is 2.35. The summed E-state index contributed by atoms with van der Waals surface area (Å²) in [7, 11) is 0. The number of hydrogen-bond donors (Lipinski definition) is 0. The lowest BCUT2D eigenvalue weighted by atomic mass is 10.1. The van der Waals surface area contributed by atoms with Gasteiger partial charge in [0.15, 0.2) is 0 Å². The first kappa shape index (κ1) is 14.2. The topological polar surface area (TPSA) is 30.3 Å². The van der Waals surface area contributed by atoms with Crippen molar-refractivity contribution in [2.75, 3.05) is 31.1 Å². The van der Waals surface area contributed by atoms with E-state index in [1.54, 1.807) is 12.1 Å². The predicted octanol–water partition coefficient (Wildman–Crippen LogP) is 2.86. The molecule has 3 nitrogen and oxygen atoms in total. The van der Waals surface area contributed by atoms with Crippen LogP contribution in [0.25, 0.3) is 0 Å². The molecule has 2 aliphatic rings. The first-order valence-corrected chi connectivity index (χ1v) is 7.09. The van der Waals surface area contributed by atoms with Crippen molar-refractivity contribution in [3.05, 3.63) is 29.3 Å². The molecule has 3 rings (SSSR count). The molecule has 1 unspecified atom stereocenters. The summed E-state index contributed by atoms with van der Waals surface area (Å²) in [6, 6.07) is 6.09. The first-order valence-electron chi connectivity index (χ1n) is 7.09. The number of anilines is 1. The maximum atomic E-state index is 13.0. The van der Waals surface area contributed by atoms with Crippen LogP contribution < -0.4 is 4.90 Å². The van der Waals surface area contributed by atoms with Gasteiger partial charge < -0.3 is 4.90 Å². The zero-order valence-corrected chi connectivity index (χ0v) is 11.5. The molecule has 0 N–H and O–H groups in total. The van der Waals surface area contributed by atoms with Crippen molar-refractivity contribution in [1.82, 2.24) is 4.90 Å². The number of benzene rings is 1. The average molecular weight is 295 g/mol. The highest BCUT2D eigenvalue weighted by Crippen LogP contribution is 2.35. The third-order valence-corrected chi connectivity index (χ3v) is 4.38. The molecule has 0 spiro atoms. The lowest BCUT2D eigenvalue weighted by Gasteiger charge is -2.39. The molecule has 1 aromatic carbocycles. The van der Waals surface area contributed by atoms with Gasteiger partial charge in [-0.15, -0.1) is 0 Å². The quantitative estimate of drug-likeness (QED) is 0.798. The van der Waals surface area contributed by atoms with Gasteiger partial charge in [-0.3, -0.25) is 4.90 Å². The van der Waals surface area contributed by atoms with E-state index in [9.17, 15) is 13.2 Å². The Morgan fingerprint density at radius 3 is 2.71 bits per heavy atom. The number of nitriles is 1. The molecular formula is C15H16F3N3. The van der Waals surface area contributed by atoms with Gasteiger partial charge in [0.2, 0.25) is 0 Å². The number of fused-ring (bicyclic) bond motifs is 1. The second-order valence-electron chi connectivity index (χ2n) is 5.62. The van der Waals surface area contributed by atoms with Crippen LogP contribution in [0.15, 0.2) is 18.2 Å². The SMILES string of the molecule is N#Cc1ccc(N2CCN3CCCC3C2)cc1C(F)(F)F. The molecule has 2 fully saturated rings. The molecule has 1 aromatic rings. The Kier molecular flexibility index (Phi) is 3.54. The van der Waals surface area contributed by atoms with E-state index in [1.165, 1.54) is 12.5 Å². The van der Waals surface area contributed by atoms with Crippen LogP contribution >= 0.6 is 0 Å². The van der Waals surface area contributed by atoms with Crippen LogP contribution in [-0.4, -0.2) is 37.1 Å². The van der Waals surface area contributed by atoms with Crippen molar-refractivity contribution in [1.29, 1.82) is 5.26 Å². The van der Waals surface area contributed by atoms with Crippen LogP contribution in [0, 0.1) is 11.3 Å². The smallest absolute Gasteiger partial charge is 0.369 e. The van der Waals surface area contributed by atoms with E-state index < -0.39 is 11.7 Å². The Labute approximate surface area is 121 Å². The molecule has 0 amide bonds. The average Bonchev–Trinajstić information content (AvgIpc) is 2.93. The summed E-state index contributed by atoms with van der Waals surface area (Å²) in [5.74, 6) is 0. The first-order chi connectivity index (χ1) is 9.99. The fraction of sp³-hybridized carbons (Fsp3) is 0.533. The summed E-state index contributed by atoms with van der Waals surface area (Å²) in [4.78, 5) is 4.41. The molecule has 6 heteroatoms. The minimum absolute atomic E-state index is 0.314. The van der Waals surface area contributed by atoms with Crippen LogP contribution in [0.3, 0.4) is 0 Å². The molecule has 0 aromatic heterocycles. The van der Waals surface area contributed by atoms with Crippen molar-refractivity contribution in [2.45, 2.75) is 25.1 Å². The maximum absolute atomic E-state index is 13.0. The molecule has 112 valence electrons. The zero-order valence-electron chi connectivity index (χ0n) is 11.5. The van der Waals surface area contributed by atoms with Crippen LogP contribution in [0.1, 0.15) is 24.0 Å². The summed E-state index contributed by atoms with van der Waals surface area (Å²) in [5.41, 5.74) is -0.588. The van der Waals surface area contributed by atoms with Gasteiger partial charge in [0.25, 0.3) is 0 Å². The van der Waals surface area contributed by atoms with Crippen molar-refractivity contribution in [3.8, 4) is 6.07 Å². The van der Waals surface area contributed by atoms with Crippen molar-refractivity contribution in [2.24, 2.45) is 0 Å². The fourth-order valence-electron chi connectivity index (χ4n) is 3.29. The van der Waals surface area contributed by atoms with Crippen LogP contribution in [0.4, 0.5) is 18.9 Å². The van der Waals surface area contributed by atoms with Gasteiger partial charge in [-0.25, -0.2) is 0 Å². The van der Waals surface area contributed by atoms with Crippen molar-refractivity contribution >= 4 is 5.69 Å². The van der Waals surface area contributed by atoms with E-state index in [0.717, 1.165) is 38.7 Å². The van der Waals surface area contributed by atoms with Crippen molar-refractivity contribution in [3.63, 3.8) is 0 Å². The van der Waals surface area contributed by atoms with E-state index in [4.69, 9.17) is 5.26 Å². The van der Waals surface area contributed by atoms with Gasteiger partial charge in [0, 0.05) is 31.4 Å². The highest BCUT2D eigenvalue weighted by atomic mass is 19.4. The van der Waals surface area contributed by atoms with Gasteiger partial charge in [0.05, 0.1) is 17.2 Å². The summed E-state index contributed by atoms with van der Waals surface area (Å²) >= 11 is 0. The maximum Gasteiger partial charge on any atom is 0.417 e. The molecule has 2 saturated heterocycles. The highest BCUT2D eigenvalue weighted by molar-refractivity contribution is 5.55. The van der Waals surface area contributed by atoms with Gasteiger partial charge in [-0.2, -0.15) is 18.4 Å². The molecule has 0 saturated carbocycles. The monoisotopic (exact) mass is 295 g/mol. The second kappa shape index (κ2) is 5.23. The summed E-state index contributed by atoms with van der Waals surface area (Å²) in [5, 5.41) is 8.84. The van der Waals surface area contributed by atoms with E-state index >= 15 is 0 Å². The molecule has 21 heavy (non-hydrogen) atoms. The molecule has 2 aliphatic heterocycles. The molecular weight excluding hydrogens is 279 g/mol. The van der Waals surface area contributed by atoms with E-state index in [-0.39, 0.29) is 5.56 Å². The predicted molar refractivity (Wildman–Crippen MR) is 73.0 cm³/mol. The largest absolute Gasteiger partial charge is 0.417 e. The number of alkyl halides is 3. The Morgan fingerprint density at radius 2 is 2.00 bits per heavy atom. The number of halogens is 3. The van der Waals surface area contributed by atoms with E-state index in [2.05, 4.69) is 4.90 Å². The molecule has 1 atom stereocenters. The van der Waals surface area contributed by atoms with Crippen LogP contribution in [0.5, 0.6) is 0 Å². The van der Waals surface area contributed by atoms with E-state index in [1.807, 2.05) is 4.90 Å². The number of rotatable bonds is 1. The zero-order chi connectivity index (χ0) is 15.0. The normalized spacial score (nSPS) is 23.0. The van der Waals surface area contributed by atoms with Crippen LogP contribution in [-0.2, 0) is 6.18 Å². The Morgan fingerprint density at radius 1 is 1.19 bits per heavy atom. The summed E-state index contributed by atoms with van der Waals surface area (Å²) in [6.45, 7) is 3.49. The van der Waals surface area contributed by atoms with Crippen LogP contribution in [0.2, 0.25) is 0 Å². The lowest BCUT2D eigenvalue weighted by Crippen LogP contribution is -2.50. The van der Waals surface area contributed by atoms with Gasteiger partial charge >= 0.3 is 6.18 Å². The fourth-order valence-corrected chi connectivity index (χ4v) is 3.29. The van der Waals surface area contributed by atoms with E-state index in [0.29, 0.717) is 11.7 Å². The third kappa shape index (κ3) is 2.70. The van der Waals surface area contributed by atoms with Gasteiger partial charge in [0.1, 0.15) is 0 Å². The minimum Gasteiger partial charge on any atom is -0.369 e. The Hall–Kier alpha value is -1.74. The molecule has 0 radical (unpaired) electrons. The number of hydrogen-bond acceptors (Lipinski definition) is 3. The van der Waals surface area contributed by atoms with Crippen molar-refractivity contribution < 1.29 is 13.2 Å². The molecule has 0 bridgehead atoms. The third-order valence-electron chi connectivity index (χ3n) is 4.38. The Balaban J connectivity index is 1.88. The summed E-state index contributed by atoms with van der Waals surface area (Å²) < 4.78 is 39.1. The molecule has 2 heterocycles. The number of piperazine rings is 1. The standard InChI is InChI=1S/C15H16F3N3/c16-15(17,18)14-8-12(4-3-11(14)9-19)21-7-6-20-5-1-2-13(20)10-21/h3-4,8,13H,1-2,5-7,10H2. The number of nitrogens with zero attached hydrogens (tertiary/aromatic N) is 3. The summed E-state index contributed by atoms with van der Waals surface area (Å²) in [6.07, 6.45) is -2.21. The Bertz CT molecular complexity index is 577. The molecule has 0 aliphatic carbocycles. The minimum atomic E-state index is -4.49. The second-order valence-corrected chi connectivity index (χ2v) is 5.62.